The first-order chi connectivity index (χ1) is 9.61. The minimum Gasteiger partial charge on any atom is -0.396 e. The molecule has 106 valence electrons. The molecule has 0 saturated heterocycles. The number of hydrogen-bond acceptors (Lipinski definition) is 4. The molecule has 0 aromatic carbocycles. The first-order valence-electron chi connectivity index (χ1n) is 6.48. The lowest BCUT2D eigenvalue weighted by atomic mass is 10.0. The molecule has 6 nitrogen and oxygen atoms in total. The Kier molecular flexibility index (Phi) is 4.47. The van der Waals surface area contributed by atoms with Gasteiger partial charge in [0, 0.05) is 31.2 Å². The van der Waals surface area contributed by atoms with Crippen LogP contribution in [0, 0.1) is 5.92 Å². The lowest BCUT2D eigenvalue weighted by Gasteiger charge is -2.19. The predicted molar refractivity (Wildman–Crippen MR) is 74.5 cm³/mol. The molecule has 0 bridgehead atoms. The first-order valence-corrected chi connectivity index (χ1v) is 6.48. The van der Waals surface area contributed by atoms with Crippen LogP contribution in [0.1, 0.15) is 24.2 Å². The van der Waals surface area contributed by atoms with Gasteiger partial charge in [0.2, 0.25) is 0 Å². The Hall–Kier alpha value is -2.21. The Morgan fingerprint density at radius 2 is 2.25 bits per heavy atom. The van der Waals surface area contributed by atoms with Crippen molar-refractivity contribution >= 4 is 5.91 Å². The zero-order valence-electron chi connectivity index (χ0n) is 11.5. The number of nitrogens with one attached hydrogen (secondary N) is 1. The van der Waals surface area contributed by atoms with Crippen LogP contribution < -0.4 is 5.32 Å². The number of aliphatic hydroxyl groups excluding tert-OH is 1. The van der Waals surface area contributed by atoms with Crippen molar-refractivity contribution in [2.24, 2.45) is 5.92 Å². The largest absolute Gasteiger partial charge is 0.396 e. The quantitative estimate of drug-likeness (QED) is 0.853. The van der Waals surface area contributed by atoms with E-state index in [1.807, 2.05) is 13.8 Å². The SMILES string of the molecule is CC(CO)C(C)NC(=O)c1ccc(-n2ccnc2)nc1. The van der Waals surface area contributed by atoms with Crippen LogP contribution in [0.25, 0.3) is 5.82 Å². The third-order valence-electron chi connectivity index (χ3n) is 3.28. The van der Waals surface area contributed by atoms with Crippen LogP contribution in [0.5, 0.6) is 0 Å². The molecule has 0 saturated carbocycles. The number of imidazole rings is 1. The topological polar surface area (TPSA) is 80.0 Å². The van der Waals surface area contributed by atoms with E-state index in [4.69, 9.17) is 5.11 Å². The number of pyridine rings is 1. The Balaban J connectivity index is 2.04. The molecule has 2 atom stereocenters. The number of carbonyl (C=O) groups excluding carboxylic acids is 1. The molecule has 0 fully saturated rings. The third kappa shape index (κ3) is 3.21. The minimum absolute atomic E-state index is 0.0112. The molecule has 0 aliphatic carbocycles. The molecule has 0 aliphatic rings. The van der Waals surface area contributed by atoms with Crippen molar-refractivity contribution in [2.45, 2.75) is 19.9 Å². The fourth-order valence-corrected chi connectivity index (χ4v) is 1.66. The van der Waals surface area contributed by atoms with E-state index in [1.54, 1.807) is 35.4 Å². The van der Waals surface area contributed by atoms with Crippen molar-refractivity contribution < 1.29 is 9.90 Å². The van der Waals surface area contributed by atoms with Gasteiger partial charge >= 0.3 is 0 Å². The molecule has 0 aliphatic heterocycles. The molecule has 0 radical (unpaired) electrons. The summed E-state index contributed by atoms with van der Waals surface area (Å²) in [6.45, 7) is 3.79. The highest BCUT2D eigenvalue weighted by Crippen LogP contribution is 2.07. The molecular weight excluding hydrogens is 256 g/mol. The van der Waals surface area contributed by atoms with Gasteiger partial charge in [-0.1, -0.05) is 6.92 Å². The summed E-state index contributed by atoms with van der Waals surface area (Å²) in [5.74, 6) is 0.524. The molecule has 0 spiro atoms. The van der Waals surface area contributed by atoms with Gasteiger partial charge in [0.1, 0.15) is 12.1 Å². The Morgan fingerprint density at radius 3 is 2.80 bits per heavy atom. The van der Waals surface area contributed by atoms with Crippen molar-refractivity contribution in [2.75, 3.05) is 6.61 Å². The fraction of sp³-hybridized carbons (Fsp3) is 0.357. The minimum atomic E-state index is -0.192. The molecule has 2 heterocycles. The molecule has 2 N–H and O–H groups in total. The van der Waals surface area contributed by atoms with Gasteiger partial charge in [-0.2, -0.15) is 0 Å². The summed E-state index contributed by atoms with van der Waals surface area (Å²) in [6.07, 6.45) is 6.63. The van der Waals surface area contributed by atoms with E-state index in [-0.39, 0.29) is 24.5 Å². The maximum atomic E-state index is 12.0. The van der Waals surface area contributed by atoms with Crippen LogP contribution in [0.3, 0.4) is 0 Å². The highest BCUT2D eigenvalue weighted by atomic mass is 16.3. The Morgan fingerprint density at radius 1 is 1.45 bits per heavy atom. The number of hydrogen-bond donors (Lipinski definition) is 2. The average molecular weight is 274 g/mol. The van der Waals surface area contributed by atoms with Gasteiger partial charge < -0.3 is 10.4 Å². The van der Waals surface area contributed by atoms with E-state index in [1.165, 1.54) is 6.20 Å². The van der Waals surface area contributed by atoms with Crippen LogP contribution >= 0.6 is 0 Å². The van der Waals surface area contributed by atoms with Gasteiger partial charge in [0.05, 0.1) is 5.56 Å². The van der Waals surface area contributed by atoms with Crippen molar-refractivity contribution in [3.05, 3.63) is 42.6 Å². The lowest BCUT2D eigenvalue weighted by Crippen LogP contribution is -2.38. The second-order valence-electron chi connectivity index (χ2n) is 4.80. The van der Waals surface area contributed by atoms with Crippen LogP contribution in [0.15, 0.2) is 37.1 Å². The van der Waals surface area contributed by atoms with Crippen LogP contribution in [0.4, 0.5) is 0 Å². The monoisotopic (exact) mass is 274 g/mol. The van der Waals surface area contributed by atoms with Gasteiger partial charge in [-0.05, 0) is 25.0 Å². The average Bonchev–Trinajstić information content (AvgIpc) is 3.00. The number of rotatable bonds is 5. The second-order valence-corrected chi connectivity index (χ2v) is 4.80. The van der Waals surface area contributed by atoms with Gasteiger partial charge in [-0.15, -0.1) is 0 Å². The van der Waals surface area contributed by atoms with Crippen molar-refractivity contribution in [1.82, 2.24) is 19.9 Å². The summed E-state index contributed by atoms with van der Waals surface area (Å²) in [5.41, 5.74) is 0.492. The molecule has 1 amide bonds. The molecule has 6 heteroatoms. The van der Waals surface area contributed by atoms with Gasteiger partial charge in [0.15, 0.2) is 0 Å². The number of aliphatic hydroxyl groups is 1. The van der Waals surface area contributed by atoms with Gasteiger partial charge in [0.25, 0.3) is 5.91 Å². The lowest BCUT2D eigenvalue weighted by molar-refractivity contribution is 0.0916. The van der Waals surface area contributed by atoms with Crippen LogP contribution in [-0.4, -0.2) is 38.2 Å². The second kappa shape index (κ2) is 6.29. The smallest absolute Gasteiger partial charge is 0.253 e. The van der Waals surface area contributed by atoms with Gasteiger partial charge in [-0.25, -0.2) is 9.97 Å². The normalized spacial score (nSPS) is 13.8. The van der Waals surface area contributed by atoms with E-state index >= 15 is 0 Å². The highest BCUT2D eigenvalue weighted by molar-refractivity contribution is 5.94. The maximum Gasteiger partial charge on any atom is 0.253 e. The van der Waals surface area contributed by atoms with E-state index in [0.29, 0.717) is 11.4 Å². The molecule has 20 heavy (non-hydrogen) atoms. The maximum absolute atomic E-state index is 12.0. The standard InChI is InChI=1S/C14H18N4O2/c1-10(8-19)11(2)17-14(20)12-3-4-13(16-7-12)18-6-5-15-9-18/h3-7,9-11,19H,8H2,1-2H3,(H,17,20). The fourth-order valence-electron chi connectivity index (χ4n) is 1.66. The molecule has 2 aromatic rings. The predicted octanol–water partition coefficient (Wildman–Crippen LogP) is 1.01. The molecule has 2 aromatic heterocycles. The molecular formula is C14H18N4O2. The summed E-state index contributed by atoms with van der Waals surface area (Å²) >= 11 is 0. The van der Waals surface area contributed by atoms with E-state index in [0.717, 1.165) is 0 Å². The summed E-state index contributed by atoms with van der Waals surface area (Å²) in [5, 5.41) is 11.9. The third-order valence-corrected chi connectivity index (χ3v) is 3.28. The zero-order valence-corrected chi connectivity index (χ0v) is 11.5. The van der Waals surface area contributed by atoms with Crippen LogP contribution in [0.2, 0.25) is 0 Å². The summed E-state index contributed by atoms with van der Waals surface area (Å²) < 4.78 is 1.76. The summed E-state index contributed by atoms with van der Waals surface area (Å²) in [7, 11) is 0. The summed E-state index contributed by atoms with van der Waals surface area (Å²) in [6, 6.07) is 3.38. The van der Waals surface area contributed by atoms with E-state index in [9.17, 15) is 4.79 Å². The Labute approximate surface area is 117 Å². The number of aromatic nitrogens is 3. The highest BCUT2D eigenvalue weighted by Gasteiger charge is 2.15. The van der Waals surface area contributed by atoms with Crippen molar-refractivity contribution in [1.29, 1.82) is 0 Å². The Bertz CT molecular complexity index is 551. The van der Waals surface area contributed by atoms with E-state index < -0.39 is 0 Å². The molecule has 2 unspecified atom stereocenters. The number of nitrogens with zero attached hydrogens (tertiary/aromatic N) is 3. The number of carbonyl (C=O) groups is 1. The van der Waals surface area contributed by atoms with E-state index in [2.05, 4.69) is 15.3 Å². The van der Waals surface area contributed by atoms with Gasteiger partial charge in [-0.3, -0.25) is 9.36 Å². The van der Waals surface area contributed by atoms with Crippen molar-refractivity contribution in [3.8, 4) is 5.82 Å². The number of amides is 1. The van der Waals surface area contributed by atoms with Crippen molar-refractivity contribution in [3.63, 3.8) is 0 Å². The molecule has 2 rings (SSSR count). The van der Waals surface area contributed by atoms with Crippen LogP contribution in [-0.2, 0) is 0 Å². The zero-order chi connectivity index (χ0) is 14.5. The summed E-state index contributed by atoms with van der Waals surface area (Å²) in [4.78, 5) is 20.2. The first kappa shape index (κ1) is 14.2.